The number of carbonyl (C=O) groups is 1. The van der Waals surface area contributed by atoms with Gasteiger partial charge in [0.25, 0.3) is 0 Å². The Morgan fingerprint density at radius 1 is 0.789 bits per heavy atom. The van der Waals surface area contributed by atoms with Gasteiger partial charge in [0.15, 0.2) is 0 Å². The minimum Gasteiger partial charge on any atom is -0.340 e. The molecule has 224 valence electrons. The number of phosphoric ester groups is 1. The van der Waals surface area contributed by atoms with Crippen molar-refractivity contribution >= 4 is 13.7 Å². The molecule has 0 unspecified atom stereocenters. The van der Waals surface area contributed by atoms with Gasteiger partial charge in [-0.3, -0.25) is 18.4 Å². The summed E-state index contributed by atoms with van der Waals surface area (Å²) in [7, 11) is -3.76. The van der Waals surface area contributed by atoms with Crippen LogP contribution in [0.4, 0.5) is 0 Å². The zero-order chi connectivity index (χ0) is 28.2. The average Bonchev–Trinajstić information content (AvgIpc) is 3.36. The number of nitrogens with zero attached hydrogens (tertiary/aromatic N) is 1. The molecule has 2 rings (SSSR count). The molecule has 1 saturated carbocycles. The van der Waals surface area contributed by atoms with Gasteiger partial charge >= 0.3 is 7.82 Å². The van der Waals surface area contributed by atoms with E-state index in [-0.39, 0.29) is 12.0 Å². The monoisotopic (exact) mass is 557 g/mol. The summed E-state index contributed by atoms with van der Waals surface area (Å²) in [4.78, 5) is 14.6. The first-order chi connectivity index (χ1) is 17.8. The summed E-state index contributed by atoms with van der Waals surface area (Å²) < 4.78 is 30.7. The summed E-state index contributed by atoms with van der Waals surface area (Å²) in [5.74, 6) is 2.21. The molecule has 1 aliphatic heterocycles. The van der Waals surface area contributed by atoms with Crippen molar-refractivity contribution in [2.75, 3.05) is 13.1 Å². The molecule has 7 heteroatoms. The summed E-state index contributed by atoms with van der Waals surface area (Å²) in [5.41, 5.74) is -1.33. The largest absolute Gasteiger partial charge is 0.476 e. The highest BCUT2D eigenvalue weighted by atomic mass is 31.2. The van der Waals surface area contributed by atoms with E-state index < -0.39 is 19.0 Å². The molecule has 0 N–H and O–H groups in total. The fourth-order valence-electron chi connectivity index (χ4n) is 5.53. The third kappa shape index (κ3) is 14.8. The first kappa shape index (κ1) is 33.8. The Kier molecular flexibility index (Phi) is 14.3. The van der Waals surface area contributed by atoms with Crippen molar-refractivity contribution in [3.05, 3.63) is 0 Å². The van der Waals surface area contributed by atoms with Crippen LogP contribution in [0.2, 0.25) is 0 Å². The highest BCUT2D eigenvalue weighted by Gasteiger charge is 2.41. The highest BCUT2D eigenvalue weighted by molar-refractivity contribution is 7.48. The Labute approximate surface area is 234 Å². The van der Waals surface area contributed by atoms with E-state index in [0.29, 0.717) is 25.9 Å². The quantitative estimate of drug-likeness (QED) is 0.117. The van der Waals surface area contributed by atoms with Crippen molar-refractivity contribution in [1.29, 1.82) is 0 Å². The van der Waals surface area contributed by atoms with Crippen molar-refractivity contribution in [3.63, 3.8) is 0 Å². The van der Waals surface area contributed by atoms with E-state index in [1.807, 2.05) is 46.4 Å². The molecule has 1 heterocycles. The SMILES string of the molecule is CCCCCCCC[C@H]1C[C@H]1CCCCCCCC(=O)N1CC[C@@H](OP(=O)(OC(C)(C)C)OC(C)(C)C)C1. The van der Waals surface area contributed by atoms with Gasteiger partial charge in [0, 0.05) is 19.5 Å². The summed E-state index contributed by atoms with van der Waals surface area (Å²) in [6, 6.07) is 0. The van der Waals surface area contributed by atoms with Crippen LogP contribution in [0.1, 0.15) is 151 Å². The maximum Gasteiger partial charge on any atom is 0.476 e. The molecule has 6 nitrogen and oxygen atoms in total. The normalized spacial score (nSPS) is 22.3. The number of hydrogen-bond donors (Lipinski definition) is 0. The van der Waals surface area contributed by atoms with E-state index in [9.17, 15) is 9.36 Å². The van der Waals surface area contributed by atoms with Gasteiger partial charge in [-0.1, -0.05) is 84.0 Å². The molecule has 0 aromatic heterocycles. The Bertz CT molecular complexity index is 709. The van der Waals surface area contributed by atoms with Crippen LogP contribution in [0, 0.1) is 11.8 Å². The first-order valence-corrected chi connectivity index (χ1v) is 17.2. The Morgan fingerprint density at radius 3 is 1.82 bits per heavy atom. The molecule has 2 aliphatic rings. The van der Waals surface area contributed by atoms with Crippen LogP contribution in [0.25, 0.3) is 0 Å². The van der Waals surface area contributed by atoms with Gasteiger partial charge < -0.3 is 4.90 Å². The second-order valence-corrected chi connectivity index (χ2v) is 15.3. The van der Waals surface area contributed by atoms with Gasteiger partial charge in [-0.2, -0.15) is 0 Å². The standard InChI is InChI=1S/C31H60NO5P/c1-8-9-10-11-13-16-19-26-24-27(26)20-17-14-12-15-18-21-29(33)32-23-22-28(25-32)35-38(34,36-30(2,3)4)37-31(5,6)7/h26-28H,8-25H2,1-7H3/t26-,27+,28+/m0/s1. The van der Waals surface area contributed by atoms with Gasteiger partial charge in [-0.15, -0.1) is 0 Å². The lowest BCUT2D eigenvalue weighted by Crippen LogP contribution is -2.31. The summed E-state index contributed by atoms with van der Waals surface area (Å²) in [5, 5.41) is 0. The van der Waals surface area contributed by atoms with Gasteiger partial charge in [-0.05, 0) is 72.6 Å². The van der Waals surface area contributed by atoms with Crippen molar-refractivity contribution in [2.24, 2.45) is 11.8 Å². The van der Waals surface area contributed by atoms with E-state index in [1.165, 1.54) is 77.0 Å². The molecule has 0 bridgehead atoms. The Balaban J connectivity index is 1.53. The van der Waals surface area contributed by atoms with Crippen LogP contribution in [0.5, 0.6) is 0 Å². The van der Waals surface area contributed by atoms with Crippen LogP contribution in [-0.4, -0.2) is 41.2 Å². The number of hydrogen-bond acceptors (Lipinski definition) is 5. The molecular weight excluding hydrogens is 497 g/mol. The minimum atomic E-state index is -3.76. The third-order valence-corrected chi connectivity index (χ3v) is 9.61. The summed E-state index contributed by atoms with van der Waals surface area (Å²) >= 11 is 0. The lowest BCUT2D eigenvalue weighted by molar-refractivity contribution is -0.130. The molecule has 0 radical (unpaired) electrons. The molecule has 2 fully saturated rings. The highest BCUT2D eigenvalue weighted by Crippen LogP contribution is 2.56. The van der Waals surface area contributed by atoms with E-state index in [4.69, 9.17) is 13.6 Å². The predicted octanol–water partition coefficient (Wildman–Crippen LogP) is 9.46. The van der Waals surface area contributed by atoms with Crippen LogP contribution in [-0.2, 0) is 22.9 Å². The zero-order valence-corrected chi connectivity index (χ0v) is 26.8. The van der Waals surface area contributed by atoms with E-state index in [2.05, 4.69) is 6.92 Å². The maximum absolute atomic E-state index is 13.4. The first-order valence-electron chi connectivity index (χ1n) is 15.8. The molecular formula is C31H60NO5P. The number of phosphoric acid groups is 1. The summed E-state index contributed by atoms with van der Waals surface area (Å²) in [6.45, 7) is 14.4. The van der Waals surface area contributed by atoms with Crippen LogP contribution in [0.3, 0.4) is 0 Å². The van der Waals surface area contributed by atoms with Crippen molar-refractivity contribution in [1.82, 2.24) is 4.90 Å². The lowest BCUT2D eigenvalue weighted by atomic mass is 10.0. The van der Waals surface area contributed by atoms with Gasteiger partial charge in [0.2, 0.25) is 5.91 Å². The fraction of sp³-hybridized carbons (Fsp3) is 0.968. The van der Waals surface area contributed by atoms with Crippen LogP contribution < -0.4 is 0 Å². The number of unbranched alkanes of at least 4 members (excludes halogenated alkanes) is 9. The van der Waals surface area contributed by atoms with Crippen molar-refractivity contribution in [2.45, 2.75) is 169 Å². The summed E-state index contributed by atoms with van der Waals surface area (Å²) in [6.07, 6.45) is 19.7. The predicted molar refractivity (Wildman–Crippen MR) is 157 cm³/mol. The number of amides is 1. The minimum absolute atomic E-state index is 0.176. The van der Waals surface area contributed by atoms with E-state index in [0.717, 1.165) is 24.7 Å². The number of rotatable bonds is 19. The van der Waals surface area contributed by atoms with Crippen LogP contribution >= 0.6 is 7.82 Å². The van der Waals surface area contributed by atoms with Crippen molar-refractivity contribution in [3.8, 4) is 0 Å². The topological polar surface area (TPSA) is 65.1 Å². The second-order valence-electron chi connectivity index (χ2n) is 13.8. The van der Waals surface area contributed by atoms with Crippen molar-refractivity contribution < 1.29 is 22.9 Å². The van der Waals surface area contributed by atoms with Gasteiger partial charge in [-0.25, -0.2) is 4.57 Å². The van der Waals surface area contributed by atoms with Gasteiger partial charge in [0.1, 0.15) is 0 Å². The molecule has 1 amide bonds. The molecule has 38 heavy (non-hydrogen) atoms. The molecule has 1 aliphatic carbocycles. The molecule has 0 aromatic carbocycles. The molecule has 1 saturated heterocycles. The van der Waals surface area contributed by atoms with Gasteiger partial charge in [0.05, 0.1) is 17.3 Å². The van der Waals surface area contributed by atoms with E-state index in [1.54, 1.807) is 0 Å². The molecule has 0 spiro atoms. The molecule has 0 aromatic rings. The lowest BCUT2D eigenvalue weighted by Gasteiger charge is -2.32. The Hall–Kier alpha value is -0.420. The maximum atomic E-state index is 13.4. The van der Waals surface area contributed by atoms with Crippen LogP contribution in [0.15, 0.2) is 0 Å². The number of likely N-dealkylation sites (tertiary alicyclic amines) is 1. The zero-order valence-electron chi connectivity index (χ0n) is 25.9. The fourth-order valence-corrected chi connectivity index (χ4v) is 7.53. The molecule has 3 atom stereocenters. The average molecular weight is 558 g/mol. The smallest absolute Gasteiger partial charge is 0.340 e. The Morgan fingerprint density at radius 2 is 1.29 bits per heavy atom. The second kappa shape index (κ2) is 16.1. The number of carbonyl (C=O) groups excluding carboxylic acids is 1. The van der Waals surface area contributed by atoms with E-state index >= 15 is 0 Å². The third-order valence-electron chi connectivity index (χ3n) is 7.51.